The van der Waals surface area contributed by atoms with E-state index in [2.05, 4.69) is 10.2 Å². The van der Waals surface area contributed by atoms with Crippen LogP contribution in [0.25, 0.3) is 5.69 Å². The number of methoxy groups -OCH3 is 1. The van der Waals surface area contributed by atoms with E-state index in [-0.39, 0.29) is 18.0 Å². The van der Waals surface area contributed by atoms with Crippen LogP contribution in [0.1, 0.15) is 27.7 Å². The summed E-state index contributed by atoms with van der Waals surface area (Å²) in [5.41, 5.74) is 0.902. The summed E-state index contributed by atoms with van der Waals surface area (Å²) in [7, 11) is 1.63. The standard InChI is InChI=1S/C17H24N4O2S/c1-12(2)21(13(3)4)16(22)10-24-17-19-18-11-20(17)14-7-6-8-15(9-14)23-5/h6-9,11-13H,10H2,1-5H3. The highest BCUT2D eigenvalue weighted by Crippen LogP contribution is 2.23. The van der Waals surface area contributed by atoms with Gasteiger partial charge in [-0.3, -0.25) is 9.36 Å². The molecule has 0 unspecified atom stereocenters. The molecule has 24 heavy (non-hydrogen) atoms. The van der Waals surface area contributed by atoms with Gasteiger partial charge in [-0.25, -0.2) is 0 Å². The van der Waals surface area contributed by atoms with Gasteiger partial charge in [0.15, 0.2) is 5.16 Å². The highest BCUT2D eigenvalue weighted by molar-refractivity contribution is 7.99. The minimum atomic E-state index is 0.102. The molecule has 0 spiro atoms. The predicted molar refractivity (Wildman–Crippen MR) is 95.8 cm³/mol. The van der Waals surface area contributed by atoms with Crippen molar-refractivity contribution in [3.8, 4) is 11.4 Å². The average molecular weight is 348 g/mol. The number of carbonyl (C=O) groups is 1. The maximum absolute atomic E-state index is 12.5. The van der Waals surface area contributed by atoms with E-state index in [0.29, 0.717) is 10.9 Å². The Kier molecular flexibility index (Phi) is 6.25. The van der Waals surface area contributed by atoms with Crippen LogP contribution in [0.5, 0.6) is 5.75 Å². The molecule has 0 saturated heterocycles. The van der Waals surface area contributed by atoms with Crippen LogP contribution in [0.15, 0.2) is 35.7 Å². The van der Waals surface area contributed by atoms with Gasteiger partial charge < -0.3 is 9.64 Å². The Bertz CT molecular complexity index is 677. The van der Waals surface area contributed by atoms with Crippen LogP contribution >= 0.6 is 11.8 Å². The maximum atomic E-state index is 12.5. The number of ether oxygens (including phenoxy) is 1. The molecule has 0 aliphatic rings. The fraction of sp³-hybridized carbons (Fsp3) is 0.471. The Balaban J connectivity index is 2.12. The van der Waals surface area contributed by atoms with Crippen LogP contribution in [-0.2, 0) is 4.79 Å². The van der Waals surface area contributed by atoms with Gasteiger partial charge in [0, 0.05) is 18.2 Å². The first-order valence-electron chi connectivity index (χ1n) is 7.92. The van der Waals surface area contributed by atoms with Crippen LogP contribution in [0.2, 0.25) is 0 Å². The summed E-state index contributed by atoms with van der Waals surface area (Å²) in [6, 6.07) is 8.00. The molecule has 0 fully saturated rings. The smallest absolute Gasteiger partial charge is 0.233 e. The Labute approximate surface area is 147 Å². The van der Waals surface area contributed by atoms with Crippen LogP contribution in [0.4, 0.5) is 0 Å². The molecule has 7 heteroatoms. The van der Waals surface area contributed by atoms with Gasteiger partial charge >= 0.3 is 0 Å². The Morgan fingerprint density at radius 3 is 2.62 bits per heavy atom. The highest BCUT2D eigenvalue weighted by atomic mass is 32.2. The second kappa shape index (κ2) is 8.19. The number of hydrogen-bond acceptors (Lipinski definition) is 5. The fourth-order valence-electron chi connectivity index (χ4n) is 2.63. The van der Waals surface area contributed by atoms with Gasteiger partial charge in [0.05, 0.1) is 18.6 Å². The summed E-state index contributed by atoms with van der Waals surface area (Å²) in [4.78, 5) is 14.4. The second-order valence-electron chi connectivity index (χ2n) is 5.96. The molecule has 2 aromatic rings. The van der Waals surface area contributed by atoms with E-state index in [1.807, 2.05) is 61.4 Å². The van der Waals surface area contributed by atoms with Crippen molar-refractivity contribution in [3.05, 3.63) is 30.6 Å². The molecular formula is C17H24N4O2S. The lowest BCUT2D eigenvalue weighted by Gasteiger charge is -2.30. The van der Waals surface area contributed by atoms with E-state index in [9.17, 15) is 4.79 Å². The van der Waals surface area contributed by atoms with Crippen molar-refractivity contribution in [2.75, 3.05) is 12.9 Å². The molecule has 1 amide bonds. The topological polar surface area (TPSA) is 60.2 Å². The molecule has 0 N–H and O–H groups in total. The van der Waals surface area contributed by atoms with Crippen LogP contribution in [-0.4, -0.2) is 50.5 Å². The zero-order valence-corrected chi connectivity index (χ0v) is 15.6. The molecule has 0 aliphatic carbocycles. The summed E-state index contributed by atoms with van der Waals surface area (Å²) in [6.07, 6.45) is 1.64. The van der Waals surface area contributed by atoms with Gasteiger partial charge in [0.2, 0.25) is 5.91 Å². The first kappa shape index (κ1) is 18.3. The summed E-state index contributed by atoms with van der Waals surface area (Å²) in [6.45, 7) is 8.12. The maximum Gasteiger partial charge on any atom is 0.233 e. The predicted octanol–water partition coefficient (Wildman–Crippen LogP) is 3.01. The number of carbonyl (C=O) groups excluding carboxylic acids is 1. The van der Waals surface area contributed by atoms with E-state index < -0.39 is 0 Å². The molecule has 0 aliphatic heterocycles. The molecule has 1 aromatic heterocycles. The van der Waals surface area contributed by atoms with Crippen molar-refractivity contribution in [3.63, 3.8) is 0 Å². The molecule has 0 radical (unpaired) electrons. The van der Waals surface area contributed by atoms with Crippen molar-refractivity contribution < 1.29 is 9.53 Å². The van der Waals surface area contributed by atoms with E-state index in [4.69, 9.17) is 4.74 Å². The lowest BCUT2D eigenvalue weighted by atomic mass is 10.2. The summed E-state index contributed by atoms with van der Waals surface area (Å²) in [5, 5.41) is 8.79. The van der Waals surface area contributed by atoms with Crippen molar-refractivity contribution >= 4 is 17.7 Å². The summed E-state index contributed by atoms with van der Waals surface area (Å²) in [5.74, 6) is 1.20. The molecule has 130 valence electrons. The van der Waals surface area contributed by atoms with E-state index in [1.165, 1.54) is 11.8 Å². The van der Waals surface area contributed by atoms with Gasteiger partial charge in [-0.15, -0.1) is 10.2 Å². The fourth-order valence-corrected chi connectivity index (χ4v) is 3.43. The molecule has 0 bridgehead atoms. The van der Waals surface area contributed by atoms with Gasteiger partial charge in [-0.1, -0.05) is 17.8 Å². The van der Waals surface area contributed by atoms with E-state index in [1.54, 1.807) is 13.4 Å². The molecule has 2 rings (SSSR count). The first-order valence-corrected chi connectivity index (χ1v) is 8.91. The number of nitrogens with zero attached hydrogens (tertiary/aromatic N) is 4. The third-order valence-corrected chi connectivity index (χ3v) is 4.50. The Morgan fingerprint density at radius 2 is 2.00 bits per heavy atom. The third-order valence-electron chi connectivity index (χ3n) is 3.57. The molecule has 0 saturated carbocycles. The van der Waals surface area contributed by atoms with Crippen LogP contribution in [0.3, 0.4) is 0 Å². The summed E-state index contributed by atoms with van der Waals surface area (Å²) >= 11 is 1.39. The number of rotatable bonds is 7. The Hall–Kier alpha value is -2.02. The van der Waals surface area contributed by atoms with Crippen LogP contribution in [0, 0.1) is 0 Å². The number of amides is 1. The van der Waals surface area contributed by atoms with Crippen molar-refractivity contribution in [1.82, 2.24) is 19.7 Å². The summed E-state index contributed by atoms with van der Waals surface area (Å²) < 4.78 is 7.11. The van der Waals surface area contributed by atoms with Crippen molar-refractivity contribution in [1.29, 1.82) is 0 Å². The molecule has 1 heterocycles. The number of thioether (sulfide) groups is 1. The number of hydrogen-bond donors (Lipinski definition) is 0. The third kappa shape index (κ3) is 4.29. The number of benzene rings is 1. The second-order valence-corrected chi connectivity index (χ2v) is 6.90. The van der Waals surface area contributed by atoms with E-state index >= 15 is 0 Å². The lowest BCUT2D eigenvalue weighted by Crippen LogP contribution is -2.43. The monoisotopic (exact) mass is 348 g/mol. The normalized spacial score (nSPS) is 11.1. The average Bonchev–Trinajstić information content (AvgIpc) is 3.00. The van der Waals surface area contributed by atoms with Crippen molar-refractivity contribution in [2.24, 2.45) is 0 Å². The highest BCUT2D eigenvalue weighted by Gasteiger charge is 2.21. The Morgan fingerprint density at radius 1 is 1.29 bits per heavy atom. The van der Waals surface area contributed by atoms with Gasteiger partial charge in [0.1, 0.15) is 12.1 Å². The van der Waals surface area contributed by atoms with E-state index in [0.717, 1.165) is 11.4 Å². The zero-order valence-electron chi connectivity index (χ0n) is 14.8. The number of aromatic nitrogens is 3. The minimum Gasteiger partial charge on any atom is -0.497 e. The molecular weight excluding hydrogens is 324 g/mol. The quantitative estimate of drug-likeness (QED) is 0.720. The molecule has 6 nitrogen and oxygen atoms in total. The first-order chi connectivity index (χ1) is 11.4. The van der Waals surface area contributed by atoms with Gasteiger partial charge in [-0.05, 0) is 39.8 Å². The van der Waals surface area contributed by atoms with Gasteiger partial charge in [-0.2, -0.15) is 0 Å². The molecule has 0 atom stereocenters. The van der Waals surface area contributed by atoms with Gasteiger partial charge in [0.25, 0.3) is 0 Å². The zero-order chi connectivity index (χ0) is 17.7. The van der Waals surface area contributed by atoms with Crippen LogP contribution < -0.4 is 4.74 Å². The minimum absolute atomic E-state index is 0.102. The lowest BCUT2D eigenvalue weighted by molar-refractivity contribution is -0.131. The van der Waals surface area contributed by atoms with Crippen molar-refractivity contribution in [2.45, 2.75) is 44.9 Å². The molecule has 1 aromatic carbocycles. The SMILES string of the molecule is COc1cccc(-n2cnnc2SCC(=O)N(C(C)C)C(C)C)c1. The largest absolute Gasteiger partial charge is 0.497 e.